The van der Waals surface area contributed by atoms with Crippen molar-refractivity contribution in [2.24, 2.45) is 5.92 Å². The molecule has 6 heteroatoms. The summed E-state index contributed by atoms with van der Waals surface area (Å²) in [7, 11) is 1.65. The third kappa shape index (κ3) is 4.30. The smallest absolute Gasteiger partial charge is 0.231 e. The number of carbonyl (C=O) groups is 1. The molecule has 1 saturated heterocycles. The number of hydrogen-bond donors (Lipinski definition) is 1. The van der Waals surface area contributed by atoms with E-state index in [1.54, 1.807) is 7.11 Å². The number of imidazole rings is 1. The van der Waals surface area contributed by atoms with E-state index < -0.39 is 5.41 Å². The lowest BCUT2D eigenvalue weighted by Crippen LogP contribution is -2.48. The molecule has 1 fully saturated rings. The summed E-state index contributed by atoms with van der Waals surface area (Å²) in [6.07, 6.45) is 1.32. The van der Waals surface area contributed by atoms with E-state index in [1.165, 1.54) is 0 Å². The summed E-state index contributed by atoms with van der Waals surface area (Å²) in [4.78, 5) is 18.4. The van der Waals surface area contributed by atoms with E-state index in [2.05, 4.69) is 29.8 Å². The second-order valence-corrected chi connectivity index (χ2v) is 8.63. The van der Waals surface area contributed by atoms with Crippen molar-refractivity contribution in [1.29, 1.82) is 0 Å². The molecule has 1 aromatic heterocycles. The quantitative estimate of drug-likeness (QED) is 0.625. The first-order valence-electron chi connectivity index (χ1n) is 11.0. The SMILES string of the molecule is COc1ccc(C2(C(=O)NCc3nc4ccccc4n3CC(C)C)CCOCC2)cc1. The molecule has 31 heavy (non-hydrogen) atoms. The van der Waals surface area contributed by atoms with Gasteiger partial charge in [-0.3, -0.25) is 4.79 Å². The minimum absolute atomic E-state index is 0.0316. The molecule has 0 atom stereocenters. The normalized spacial score (nSPS) is 15.9. The Hall–Kier alpha value is -2.86. The Bertz CT molecular complexity index is 1030. The molecule has 2 aromatic carbocycles. The van der Waals surface area contributed by atoms with Gasteiger partial charge in [0.2, 0.25) is 5.91 Å². The molecule has 0 spiro atoms. The van der Waals surface area contributed by atoms with Crippen LogP contribution >= 0.6 is 0 Å². The van der Waals surface area contributed by atoms with E-state index in [-0.39, 0.29) is 5.91 Å². The molecule has 4 rings (SSSR count). The van der Waals surface area contributed by atoms with Gasteiger partial charge in [0.15, 0.2) is 0 Å². The van der Waals surface area contributed by atoms with Crippen molar-refractivity contribution in [2.75, 3.05) is 20.3 Å². The number of fused-ring (bicyclic) bond motifs is 1. The average Bonchev–Trinajstić information content (AvgIpc) is 3.14. The van der Waals surface area contributed by atoms with Gasteiger partial charge in [-0.2, -0.15) is 0 Å². The van der Waals surface area contributed by atoms with Crippen LogP contribution in [0.4, 0.5) is 0 Å². The van der Waals surface area contributed by atoms with Crippen LogP contribution in [0.2, 0.25) is 0 Å². The van der Waals surface area contributed by atoms with Gasteiger partial charge in [0.05, 0.1) is 30.1 Å². The van der Waals surface area contributed by atoms with Crippen LogP contribution in [-0.2, 0) is 28.0 Å². The van der Waals surface area contributed by atoms with Crippen molar-refractivity contribution in [2.45, 2.75) is 45.2 Å². The van der Waals surface area contributed by atoms with Crippen LogP contribution in [0.1, 0.15) is 38.1 Å². The maximum atomic E-state index is 13.6. The summed E-state index contributed by atoms with van der Waals surface area (Å²) < 4.78 is 13.1. The number of rotatable bonds is 7. The van der Waals surface area contributed by atoms with E-state index in [9.17, 15) is 4.79 Å². The number of benzene rings is 2. The molecule has 1 amide bonds. The fourth-order valence-corrected chi connectivity index (χ4v) is 4.43. The van der Waals surface area contributed by atoms with Gasteiger partial charge in [0, 0.05) is 19.8 Å². The van der Waals surface area contributed by atoms with Crippen molar-refractivity contribution in [3.05, 3.63) is 59.9 Å². The molecular weight excluding hydrogens is 390 g/mol. The molecular formula is C25H31N3O3. The van der Waals surface area contributed by atoms with Crippen molar-refractivity contribution in [3.63, 3.8) is 0 Å². The Kier molecular flexibility index (Phi) is 6.28. The summed E-state index contributed by atoms with van der Waals surface area (Å²) in [5.41, 5.74) is 2.48. The molecule has 0 bridgehead atoms. The summed E-state index contributed by atoms with van der Waals surface area (Å²) >= 11 is 0. The monoisotopic (exact) mass is 421 g/mol. The maximum absolute atomic E-state index is 13.6. The third-order valence-electron chi connectivity index (χ3n) is 6.11. The first-order valence-corrected chi connectivity index (χ1v) is 11.0. The predicted molar refractivity (Wildman–Crippen MR) is 121 cm³/mol. The Morgan fingerprint density at radius 2 is 1.87 bits per heavy atom. The number of carbonyl (C=O) groups excluding carboxylic acids is 1. The highest BCUT2D eigenvalue weighted by Gasteiger charge is 2.41. The van der Waals surface area contributed by atoms with Crippen LogP contribution in [0.15, 0.2) is 48.5 Å². The largest absolute Gasteiger partial charge is 0.497 e. The molecule has 1 N–H and O–H groups in total. The number of aromatic nitrogens is 2. The highest BCUT2D eigenvalue weighted by Crippen LogP contribution is 2.36. The summed E-state index contributed by atoms with van der Waals surface area (Å²) in [6, 6.07) is 16.0. The van der Waals surface area contributed by atoms with Crippen LogP contribution in [0.5, 0.6) is 5.75 Å². The van der Waals surface area contributed by atoms with Gasteiger partial charge in [-0.25, -0.2) is 4.98 Å². The molecule has 164 valence electrons. The van der Waals surface area contributed by atoms with Gasteiger partial charge in [-0.15, -0.1) is 0 Å². The molecule has 6 nitrogen and oxygen atoms in total. The second kappa shape index (κ2) is 9.10. The van der Waals surface area contributed by atoms with Crippen LogP contribution < -0.4 is 10.1 Å². The van der Waals surface area contributed by atoms with Gasteiger partial charge in [0.1, 0.15) is 11.6 Å². The Balaban J connectivity index is 1.60. The molecule has 1 aliphatic heterocycles. The fourth-order valence-electron chi connectivity index (χ4n) is 4.43. The van der Waals surface area contributed by atoms with Gasteiger partial charge < -0.3 is 19.4 Å². The third-order valence-corrected chi connectivity index (χ3v) is 6.11. The Morgan fingerprint density at radius 3 is 2.55 bits per heavy atom. The highest BCUT2D eigenvalue weighted by molar-refractivity contribution is 5.88. The second-order valence-electron chi connectivity index (χ2n) is 8.63. The van der Waals surface area contributed by atoms with Crippen LogP contribution in [0.3, 0.4) is 0 Å². The van der Waals surface area contributed by atoms with Gasteiger partial charge in [0.25, 0.3) is 0 Å². The Morgan fingerprint density at radius 1 is 1.16 bits per heavy atom. The lowest BCUT2D eigenvalue weighted by molar-refractivity contribution is -0.130. The minimum atomic E-state index is -0.598. The lowest BCUT2D eigenvalue weighted by atomic mass is 9.73. The molecule has 0 radical (unpaired) electrons. The predicted octanol–water partition coefficient (Wildman–Crippen LogP) is 4.07. The number of amides is 1. The standard InChI is InChI=1S/C25H31N3O3/c1-18(2)17-28-22-7-5-4-6-21(22)27-23(28)16-26-24(29)25(12-14-31-15-13-25)19-8-10-20(30-3)11-9-19/h4-11,18H,12-17H2,1-3H3,(H,26,29). The van der Waals surface area contributed by atoms with E-state index in [1.807, 2.05) is 42.5 Å². The summed E-state index contributed by atoms with van der Waals surface area (Å²) in [5, 5.41) is 3.20. The number of nitrogens with zero attached hydrogens (tertiary/aromatic N) is 2. The van der Waals surface area contributed by atoms with E-state index in [0.717, 1.165) is 34.7 Å². The van der Waals surface area contributed by atoms with Gasteiger partial charge >= 0.3 is 0 Å². The zero-order chi connectivity index (χ0) is 21.8. The maximum Gasteiger partial charge on any atom is 0.231 e. The van der Waals surface area contributed by atoms with E-state index >= 15 is 0 Å². The van der Waals surface area contributed by atoms with Crippen molar-refractivity contribution in [1.82, 2.24) is 14.9 Å². The number of nitrogens with one attached hydrogen (secondary N) is 1. The number of para-hydroxylation sites is 2. The molecule has 0 unspecified atom stereocenters. The molecule has 2 heterocycles. The first-order chi connectivity index (χ1) is 15.0. The average molecular weight is 422 g/mol. The molecule has 0 aliphatic carbocycles. The Labute approximate surface area is 183 Å². The summed E-state index contributed by atoms with van der Waals surface area (Å²) in [5.74, 6) is 2.19. The van der Waals surface area contributed by atoms with Gasteiger partial charge in [-0.05, 0) is 48.6 Å². The van der Waals surface area contributed by atoms with Crippen LogP contribution in [-0.4, -0.2) is 35.8 Å². The number of methoxy groups -OCH3 is 1. The van der Waals surface area contributed by atoms with Crippen LogP contribution in [0, 0.1) is 5.92 Å². The van der Waals surface area contributed by atoms with E-state index in [4.69, 9.17) is 14.5 Å². The molecule has 1 aliphatic rings. The van der Waals surface area contributed by atoms with Gasteiger partial charge in [-0.1, -0.05) is 38.1 Å². The molecule has 0 saturated carbocycles. The summed E-state index contributed by atoms with van der Waals surface area (Å²) in [6.45, 7) is 6.80. The lowest BCUT2D eigenvalue weighted by Gasteiger charge is -2.36. The topological polar surface area (TPSA) is 65.4 Å². The van der Waals surface area contributed by atoms with Crippen molar-refractivity contribution < 1.29 is 14.3 Å². The van der Waals surface area contributed by atoms with E-state index in [0.29, 0.717) is 38.5 Å². The first kappa shape index (κ1) is 21.4. The number of hydrogen-bond acceptors (Lipinski definition) is 4. The molecule has 3 aromatic rings. The number of ether oxygens (including phenoxy) is 2. The van der Waals surface area contributed by atoms with Crippen molar-refractivity contribution in [3.8, 4) is 5.75 Å². The van der Waals surface area contributed by atoms with Crippen molar-refractivity contribution >= 4 is 16.9 Å². The zero-order valence-electron chi connectivity index (χ0n) is 18.6. The zero-order valence-corrected chi connectivity index (χ0v) is 18.6. The fraction of sp³-hybridized carbons (Fsp3) is 0.440. The highest BCUT2D eigenvalue weighted by atomic mass is 16.5. The van der Waals surface area contributed by atoms with Crippen LogP contribution in [0.25, 0.3) is 11.0 Å². The minimum Gasteiger partial charge on any atom is -0.497 e.